The standard InChI is InChI=1S/C23H26BrN3O8/c1-22(33)13-23(35-11-17(22)27-10-16(24)19(30)25-21(27)32)5-7-26(8-6-23)20(31)14-3-2-4-15(9-14)34-12-18(28)29/h2-4,9-10,17,33H,5-8,11-13H2,1H3,(H,28,29)(H,25,30,32)/t17-,22-/m0/s1. The molecule has 0 aliphatic carbocycles. The van der Waals surface area contributed by atoms with Crippen molar-refractivity contribution < 1.29 is 29.3 Å². The van der Waals surface area contributed by atoms with E-state index < -0.39 is 41.1 Å². The van der Waals surface area contributed by atoms with Gasteiger partial charge < -0.3 is 24.6 Å². The third kappa shape index (κ3) is 5.34. The number of piperidine rings is 1. The molecule has 0 saturated carbocycles. The maximum absolute atomic E-state index is 13.0. The topological polar surface area (TPSA) is 151 Å². The van der Waals surface area contributed by atoms with Crippen molar-refractivity contribution in [2.24, 2.45) is 0 Å². The van der Waals surface area contributed by atoms with Gasteiger partial charge in [-0.2, -0.15) is 0 Å². The van der Waals surface area contributed by atoms with Gasteiger partial charge in [0.25, 0.3) is 11.5 Å². The number of benzene rings is 1. The van der Waals surface area contributed by atoms with E-state index in [9.17, 15) is 24.3 Å². The van der Waals surface area contributed by atoms with Crippen LogP contribution in [0.25, 0.3) is 0 Å². The van der Waals surface area contributed by atoms with Crippen molar-refractivity contribution in [1.82, 2.24) is 14.5 Å². The van der Waals surface area contributed by atoms with Gasteiger partial charge in [0.2, 0.25) is 0 Å². The van der Waals surface area contributed by atoms with Crippen LogP contribution in [0.15, 0.2) is 44.5 Å². The number of carbonyl (C=O) groups excluding carboxylic acids is 1. The van der Waals surface area contributed by atoms with E-state index in [-0.39, 0.29) is 23.4 Å². The van der Waals surface area contributed by atoms with E-state index in [1.165, 1.54) is 16.8 Å². The number of H-pyrrole nitrogens is 1. The second-order valence-corrected chi connectivity index (χ2v) is 10.0. The molecular weight excluding hydrogens is 526 g/mol. The Morgan fingerprint density at radius 1 is 1.29 bits per heavy atom. The Morgan fingerprint density at radius 2 is 2.00 bits per heavy atom. The normalized spacial score (nSPS) is 23.7. The number of aromatic amines is 1. The van der Waals surface area contributed by atoms with Gasteiger partial charge in [-0.05, 0) is 53.9 Å². The molecule has 0 unspecified atom stereocenters. The Bertz CT molecular complexity index is 1250. The third-order valence-electron chi connectivity index (χ3n) is 6.61. The highest BCUT2D eigenvalue weighted by Crippen LogP contribution is 2.43. The molecule has 2 aliphatic rings. The van der Waals surface area contributed by atoms with Crippen LogP contribution < -0.4 is 16.0 Å². The molecule has 4 rings (SSSR count). The van der Waals surface area contributed by atoms with Gasteiger partial charge in [0.15, 0.2) is 6.61 Å². The zero-order chi connectivity index (χ0) is 25.4. The molecule has 2 atom stereocenters. The van der Waals surface area contributed by atoms with Gasteiger partial charge in [-0.25, -0.2) is 9.59 Å². The van der Waals surface area contributed by atoms with Crippen molar-refractivity contribution in [2.45, 2.75) is 43.4 Å². The zero-order valence-corrected chi connectivity index (χ0v) is 20.6. The SMILES string of the molecule is C[C@]1(O)CC2(CCN(C(=O)c3cccc(OCC(=O)O)c3)CC2)OC[C@@H]1n1cc(Br)c(=O)[nH]c1=O. The number of hydrogen-bond acceptors (Lipinski definition) is 7. The lowest BCUT2D eigenvalue weighted by atomic mass is 9.75. The highest BCUT2D eigenvalue weighted by atomic mass is 79.9. The largest absolute Gasteiger partial charge is 0.482 e. The first kappa shape index (κ1) is 25.1. The number of amides is 1. The van der Waals surface area contributed by atoms with E-state index >= 15 is 0 Å². The van der Waals surface area contributed by atoms with Crippen LogP contribution in [0.5, 0.6) is 5.75 Å². The number of likely N-dealkylation sites (tertiary alicyclic amines) is 1. The Kier molecular flexibility index (Phi) is 6.89. The number of nitrogens with one attached hydrogen (secondary N) is 1. The lowest BCUT2D eigenvalue weighted by Gasteiger charge is -2.51. The van der Waals surface area contributed by atoms with Gasteiger partial charge in [-0.15, -0.1) is 0 Å². The summed E-state index contributed by atoms with van der Waals surface area (Å²) in [6.45, 7) is 2.04. The number of halogens is 1. The first-order chi connectivity index (χ1) is 16.5. The number of ether oxygens (including phenoxy) is 2. The molecule has 3 heterocycles. The van der Waals surface area contributed by atoms with Gasteiger partial charge in [0.1, 0.15) is 5.75 Å². The van der Waals surface area contributed by atoms with E-state index in [0.717, 1.165) is 0 Å². The molecule has 1 amide bonds. The average Bonchev–Trinajstić information content (AvgIpc) is 2.80. The predicted molar refractivity (Wildman–Crippen MR) is 127 cm³/mol. The van der Waals surface area contributed by atoms with Crippen molar-refractivity contribution in [1.29, 1.82) is 0 Å². The summed E-state index contributed by atoms with van der Waals surface area (Å²) in [6.07, 6.45) is 2.62. The second kappa shape index (κ2) is 9.59. The molecule has 11 nitrogen and oxygen atoms in total. The van der Waals surface area contributed by atoms with Crippen molar-refractivity contribution in [3.63, 3.8) is 0 Å². The molecule has 3 N–H and O–H groups in total. The lowest BCUT2D eigenvalue weighted by molar-refractivity contribution is -0.195. The van der Waals surface area contributed by atoms with Gasteiger partial charge in [0, 0.05) is 31.3 Å². The third-order valence-corrected chi connectivity index (χ3v) is 7.18. The number of nitrogens with zero attached hydrogens (tertiary/aromatic N) is 2. The van der Waals surface area contributed by atoms with Gasteiger partial charge in [0.05, 0.1) is 28.3 Å². The Balaban J connectivity index is 1.42. The molecule has 2 aromatic rings. The fourth-order valence-electron chi connectivity index (χ4n) is 4.81. The van der Waals surface area contributed by atoms with Crippen molar-refractivity contribution in [3.05, 3.63) is 61.3 Å². The minimum absolute atomic E-state index is 0.0717. The number of hydrogen-bond donors (Lipinski definition) is 3. The van der Waals surface area contributed by atoms with Gasteiger partial charge >= 0.3 is 11.7 Å². The number of aliphatic carboxylic acids is 1. The van der Waals surface area contributed by atoms with Crippen LogP contribution >= 0.6 is 15.9 Å². The first-order valence-corrected chi connectivity index (χ1v) is 11.9. The van der Waals surface area contributed by atoms with Crippen LogP contribution in [0.3, 0.4) is 0 Å². The van der Waals surface area contributed by atoms with Crippen LogP contribution in [0.1, 0.15) is 42.6 Å². The number of aliphatic hydroxyl groups is 1. The molecular formula is C23H26BrN3O8. The molecule has 1 aromatic heterocycles. The van der Waals surface area contributed by atoms with E-state index in [0.29, 0.717) is 37.2 Å². The number of aromatic nitrogens is 2. The molecule has 12 heteroatoms. The summed E-state index contributed by atoms with van der Waals surface area (Å²) in [5.41, 5.74) is -2.72. The summed E-state index contributed by atoms with van der Waals surface area (Å²) in [6, 6.07) is 5.69. The minimum Gasteiger partial charge on any atom is -0.482 e. The summed E-state index contributed by atoms with van der Waals surface area (Å²) in [5, 5.41) is 20.0. The number of rotatable bonds is 5. The lowest BCUT2D eigenvalue weighted by Crippen LogP contribution is -2.59. The number of carbonyl (C=O) groups is 2. The van der Waals surface area contributed by atoms with Crippen LogP contribution in [-0.4, -0.2) is 74.0 Å². The van der Waals surface area contributed by atoms with Crippen molar-refractivity contribution in [3.8, 4) is 5.75 Å². The van der Waals surface area contributed by atoms with E-state index in [1.807, 2.05) is 0 Å². The van der Waals surface area contributed by atoms with Gasteiger partial charge in [-0.1, -0.05) is 6.07 Å². The first-order valence-electron chi connectivity index (χ1n) is 11.1. The van der Waals surface area contributed by atoms with Gasteiger partial charge in [-0.3, -0.25) is 19.1 Å². The highest BCUT2D eigenvalue weighted by molar-refractivity contribution is 9.10. The number of carboxylic acids is 1. The molecule has 2 aliphatic heterocycles. The molecule has 188 valence electrons. The molecule has 2 fully saturated rings. The molecule has 0 radical (unpaired) electrons. The maximum Gasteiger partial charge on any atom is 0.341 e. The minimum atomic E-state index is -1.29. The maximum atomic E-state index is 13.0. The quantitative estimate of drug-likeness (QED) is 0.500. The summed E-state index contributed by atoms with van der Waals surface area (Å²) in [5.74, 6) is -1.01. The fraction of sp³-hybridized carbons (Fsp3) is 0.478. The molecule has 0 bridgehead atoms. The van der Waals surface area contributed by atoms with Crippen molar-refractivity contribution in [2.75, 3.05) is 26.3 Å². The average molecular weight is 552 g/mol. The smallest absolute Gasteiger partial charge is 0.341 e. The van der Waals surface area contributed by atoms with Crippen LogP contribution in [-0.2, 0) is 9.53 Å². The number of carboxylic acid groups (broad SMARTS) is 1. The fourth-order valence-corrected chi connectivity index (χ4v) is 5.13. The Hall–Kier alpha value is -2.96. The molecule has 1 aromatic carbocycles. The van der Waals surface area contributed by atoms with E-state index in [2.05, 4.69) is 20.9 Å². The second-order valence-electron chi connectivity index (χ2n) is 9.19. The Labute approximate surface area is 208 Å². The molecule has 35 heavy (non-hydrogen) atoms. The van der Waals surface area contributed by atoms with E-state index in [4.69, 9.17) is 14.6 Å². The monoisotopic (exact) mass is 551 g/mol. The summed E-state index contributed by atoms with van der Waals surface area (Å²) in [4.78, 5) is 51.6. The molecule has 2 saturated heterocycles. The zero-order valence-electron chi connectivity index (χ0n) is 19.0. The van der Waals surface area contributed by atoms with E-state index in [1.54, 1.807) is 30.0 Å². The van der Waals surface area contributed by atoms with Crippen LogP contribution in [0.4, 0.5) is 0 Å². The summed E-state index contributed by atoms with van der Waals surface area (Å²) in [7, 11) is 0. The van der Waals surface area contributed by atoms with Crippen LogP contribution in [0, 0.1) is 0 Å². The predicted octanol–water partition coefficient (Wildman–Crippen LogP) is 1.15. The Morgan fingerprint density at radius 3 is 2.66 bits per heavy atom. The summed E-state index contributed by atoms with van der Waals surface area (Å²) < 4.78 is 12.8. The van der Waals surface area contributed by atoms with Crippen molar-refractivity contribution >= 4 is 27.8 Å². The molecule has 1 spiro atoms. The van der Waals surface area contributed by atoms with Crippen LogP contribution in [0.2, 0.25) is 0 Å². The summed E-state index contributed by atoms with van der Waals surface area (Å²) >= 11 is 3.12. The highest BCUT2D eigenvalue weighted by Gasteiger charge is 2.50.